The predicted octanol–water partition coefficient (Wildman–Crippen LogP) is 3.60. The number of fused-ring (bicyclic) bond motifs is 1. The van der Waals surface area contributed by atoms with Crippen molar-refractivity contribution < 1.29 is 9.47 Å². The summed E-state index contributed by atoms with van der Waals surface area (Å²) in [5, 5.41) is 0.995. The third-order valence-corrected chi connectivity index (χ3v) is 2.85. The minimum Gasteiger partial charge on any atom is -0.454 e. The van der Waals surface area contributed by atoms with E-state index in [1.165, 1.54) is 11.1 Å². The van der Waals surface area contributed by atoms with E-state index in [1.807, 2.05) is 12.1 Å². The highest BCUT2D eigenvalue weighted by Gasteiger charge is 2.13. The number of alkyl halides is 1. The van der Waals surface area contributed by atoms with Crippen molar-refractivity contribution in [1.29, 1.82) is 0 Å². The summed E-state index contributed by atoms with van der Waals surface area (Å²) in [5.74, 6) is 1.69. The summed E-state index contributed by atoms with van der Waals surface area (Å²) in [6.07, 6.45) is 3.26. The van der Waals surface area contributed by atoms with Gasteiger partial charge in [-0.2, -0.15) is 0 Å². The minimum absolute atomic E-state index is 0.336. The van der Waals surface area contributed by atoms with Gasteiger partial charge in [-0.25, -0.2) is 0 Å². The van der Waals surface area contributed by atoms with E-state index in [1.54, 1.807) is 0 Å². The van der Waals surface area contributed by atoms with Gasteiger partial charge in [0, 0.05) is 5.33 Å². The molecular weight excluding hydrogens is 256 g/mol. The van der Waals surface area contributed by atoms with Gasteiger partial charge in [0.2, 0.25) is 6.79 Å². The van der Waals surface area contributed by atoms with Crippen molar-refractivity contribution in [1.82, 2.24) is 0 Å². The van der Waals surface area contributed by atoms with Crippen LogP contribution in [0.2, 0.25) is 0 Å². The summed E-state index contributed by atoms with van der Waals surface area (Å²) in [6.45, 7) is 2.45. The second-order valence-corrected chi connectivity index (χ2v) is 4.23. The van der Waals surface area contributed by atoms with Crippen LogP contribution in [-0.2, 0) is 0 Å². The molecule has 3 heteroatoms. The van der Waals surface area contributed by atoms with Crippen LogP contribution in [0.15, 0.2) is 24.3 Å². The van der Waals surface area contributed by atoms with E-state index in [9.17, 15) is 0 Å². The van der Waals surface area contributed by atoms with E-state index in [0.29, 0.717) is 6.79 Å². The molecule has 1 aromatic carbocycles. The first-order valence-electron chi connectivity index (χ1n) is 4.94. The standard InChI is InChI=1S/C12H13BrO2/c1-9(3-2-6-13)10-4-5-11-12(7-10)15-8-14-11/h3-5,7H,2,6,8H2,1H3/b9-3+. The average Bonchev–Trinajstić information content (AvgIpc) is 2.72. The Morgan fingerprint density at radius 1 is 1.40 bits per heavy atom. The molecular formula is C12H13BrO2. The lowest BCUT2D eigenvalue weighted by molar-refractivity contribution is 0.174. The van der Waals surface area contributed by atoms with Gasteiger partial charge in [0.1, 0.15) is 0 Å². The Morgan fingerprint density at radius 2 is 2.20 bits per heavy atom. The quantitative estimate of drug-likeness (QED) is 0.780. The minimum atomic E-state index is 0.336. The Hall–Kier alpha value is -0.960. The monoisotopic (exact) mass is 268 g/mol. The lowest BCUT2D eigenvalue weighted by Gasteiger charge is -2.03. The van der Waals surface area contributed by atoms with Gasteiger partial charge in [-0.05, 0) is 36.6 Å². The Balaban J connectivity index is 2.22. The number of rotatable bonds is 3. The van der Waals surface area contributed by atoms with Crippen LogP contribution in [0.1, 0.15) is 18.9 Å². The molecule has 0 aromatic heterocycles. The first-order valence-corrected chi connectivity index (χ1v) is 6.06. The van der Waals surface area contributed by atoms with Gasteiger partial charge < -0.3 is 9.47 Å². The number of ether oxygens (including phenoxy) is 2. The molecule has 0 saturated heterocycles. The number of benzene rings is 1. The largest absolute Gasteiger partial charge is 0.454 e. The van der Waals surface area contributed by atoms with Crippen molar-refractivity contribution >= 4 is 21.5 Å². The van der Waals surface area contributed by atoms with E-state index in [0.717, 1.165) is 23.2 Å². The van der Waals surface area contributed by atoms with Gasteiger partial charge in [-0.15, -0.1) is 0 Å². The van der Waals surface area contributed by atoms with Crippen LogP contribution in [0.3, 0.4) is 0 Å². The van der Waals surface area contributed by atoms with Crippen LogP contribution in [0.4, 0.5) is 0 Å². The number of hydrogen-bond donors (Lipinski definition) is 0. The van der Waals surface area contributed by atoms with Crippen molar-refractivity contribution in [3.8, 4) is 11.5 Å². The zero-order valence-electron chi connectivity index (χ0n) is 8.63. The van der Waals surface area contributed by atoms with Crippen molar-refractivity contribution in [3.63, 3.8) is 0 Å². The van der Waals surface area contributed by atoms with Crippen LogP contribution in [0, 0.1) is 0 Å². The molecule has 0 bridgehead atoms. The Labute approximate surface area is 98.0 Å². The van der Waals surface area contributed by atoms with Gasteiger partial charge >= 0.3 is 0 Å². The maximum Gasteiger partial charge on any atom is 0.231 e. The summed E-state index contributed by atoms with van der Waals surface area (Å²) in [7, 11) is 0. The summed E-state index contributed by atoms with van der Waals surface area (Å²) in [5.41, 5.74) is 2.47. The van der Waals surface area contributed by atoms with Gasteiger partial charge in [0.05, 0.1) is 0 Å². The second kappa shape index (κ2) is 4.71. The normalized spacial score (nSPS) is 14.4. The molecule has 0 atom stereocenters. The van der Waals surface area contributed by atoms with E-state index in [2.05, 4.69) is 35.0 Å². The van der Waals surface area contributed by atoms with E-state index in [-0.39, 0.29) is 0 Å². The van der Waals surface area contributed by atoms with Crippen LogP contribution in [-0.4, -0.2) is 12.1 Å². The number of halogens is 1. The summed E-state index contributed by atoms with van der Waals surface area (Å²) in [6, 6.07) is 6.05. The number of allylic oxidation sites excluding steroid dienone is 2. The van der Waals surface area contributed by atoms with Crippen LogP contribution in [0.25, 0.3) is 5.57 Å². The van der Waals surface area contributed by atoms with E-state index in [4.69, 9.17) is 9.47 Å². The van der Waals surface area contributed by atoms with Crippen LogP contribution >= 0.6 is 15.9 Å². The Morgan fingerprint density at radius 3 is 3.00 bits per heavy atom. The molecule has 1 aromatic rings. The third-order valence-electron chi connectivity index (χ3n) is 2.39. The molecule has 0 aliphatic carbocycles. The Kier molecular flexibility index (Phi) is 3.31. The molecule has 0 amide bonds. The molecule has 0 fully saturated rings. The fourth-order valence-electron chi connectivity index (χ4n) is 1.53. The highest BCUT2D eigenvalue weighted by atomic mass is 79.9. The van der Waals surface area contributed by atoms with Crippen LogP contribution < -0.4 is 9.47 Å². The maximum atomic E-state index is 5.34. The lowest BCUT2D eigenvalue weighted by Crippen LogP contribution is -1.92. The van der Waals surface area contributed by atoms with Gasteiger partial charge in [0.15, 0.2) is 11.5 Å². The molecule has 0 spiro atoms. The average molecular weight is 269 g/mol. The third kappa shape index (κ3) is 2.34. The first-order chi connectivity index (χ1) is 7.31. The lowest BCUT2D eigenvalue weighted by atomic mass is 10.1. The second-order valence-electron chi connectivity index (χ2n) is 3.43. The van der Waals surface area contributed by atoms with E-state index < -0.39 is 0 Å². The fourth-order valence-corrected chi connectivity index (χ4v) is 1.76. The maximum absolute atomic E-state index is 5.34. The van der Waals surface area contributed by atoms with Crippen molar-refractivity contribution in [2.24, 2.45) is 0 Å². The topological polar surface area (TPSA) is 18.5 Å². The molecule has 0 N–H and O–H groups in total. The summed E-state index contributed by atoms with van der Waals surface area (Å²) in [4.78, 5) is 0. The highest BCUT2D eigenvalue weighted by molar-refractivity contribution is 9.09. The van der Waals surface area contributed by atoms with Crippen molar-refractivity contribution in [3.05, 3.63) is 29.8 Å². The zero-order chi connectivity index (χ0) is 10.7. The van der Waals surface area contributed by atoms with Crippen molar-refractivity contribution in [2.45, 2.75) is 13.3 Å². The molecule has 1 aliphatic heterocycles. The number of hydrogen-bond acceptors (Lipinski definition) is 2. The zero-order valence-corrected chi connectivity index (χ0v) is 10.2. The summed E-state index contributed by atoms with van der Waals surface area (Å²) < 4.78 is 10.6. The Bertz CT molecular complexity index is 385. The molecule has 2 nitrogen and oxygen atoms in total. The van der Waals surface area contributed by atoms with Crippen LogP contribution in [0.5, 0.6) is 11.5 Å². The predicted molar refractivity (Wildman–Crippen MR) is 64.6 cm³/mol. The van der Waals surface area contributed by atoms with Gasteiger partial charge in [-0.3, -0.25) is 0 Å². The molecule has 1 aliphatic rings. The SMILES string of the molecule is C/C(=C\CCBr)c1ccc2c(c1)OCO2. The summed E-state index contributed by atoms with van der Waals surface area (Å²) >= 11 is 3.41. The molecule has 2 rings (SSSR count). The smallest absolute Gasteiger partial charge is 0.231 e. The molecule has 15 heavy (non-hydrogen) atoms. The molecule has 0 saturated carbocycles. The highest BCUT2D eigenvalue weighted by Crippen LogP contribution is 2.34. The first kappa shape index (κ1) is 10.6. The van der Waals surface area contributed by atoms with Gasteiger partial charge in [0.25, 0.3) is 0 Å². The molecule has 0 unspecified atom stereocenters. The fraction of sp³-hybridized carbons (Fsp3) is 0.333. The van der Waals surface area contributed by atoms with Gasteiger partial charge in [-0.1, -0.05) is 28.1 Å². The van der Waals surface area contributed by atoms with E-state index >= 15 is 0 Å². The van der Waals surface area contributed by atoms with Crippen molar-refractivity contribution in [2.75, 3.05) is 12.1 Å². The molecule has 1 heterocycles. The molecule has 80 valence electrons. The molecule has 0 radical (unpaired) electrons.